The number of rotatable bonds is 3. The zero-order valence-electron chi connectivity index (χ0n) is 12.9. The molecule has 0 atom stereocenters. The average molecular weight is 381 g/mol. The molecular weight excluding hydrogens is 364 g/mol. The Morgan fingerprint density at radius 1 is 1.22 bits per heavy atom. The maximum absolute atomic E-state index is 12.5. The highest BCUT2D eigenvalue weighted by atomic mass is 79.9. The predicted octanol–water partition coefficient (Wildman–Crippen LogP) is 2.75. The maximum atomic E-state index is 12.5. The van der Waals surface area contributed by atoms with E-state index in [4.69, 9.17) is 14.2 Å². The first-order valence-electron chi connectivity index (χ1n) is 6.86. The van der Waals surface area contributed by atoms with E-state index in [0.29, 0.717) is 11.1 Å². The van der Waals surface area contributed by atoms with Gasteiger partial charge in [-0.25, -0.2) is 0 Å². The van der Waals surface area contributed by atoms with Gasteiger partial charge >= 0.3 is 11.9 Å². The Kier molecular flexibility index (Phi) is 5.38. The van der Waals surface area contributed by atoms with Crippen LogP contribution in [-0.2, 0) is 23.8 Å². The molecule has 1 aromatic carbocycles. The fraction of sp³-hybridized carbons (Fsp3) is 0.294. The van der Waals surface area contributed by atoms with E-state index in [2.05, 4.69) is 22.5 Å². The van der Waals surface area contributed by atoms with E-state index >= 15 is 0 Å². The molecule has 6 heteroatoms. The molecule has 0 aliphatic carbocycles. The molecule has 1 fully saturated rings. The second-order valence-electron chi connectivity index (χ2n) is 5.02. The average Bonchev–Trinajstić information content (AvgIpc) is 2.56. The van der Waals surface area contributed by atoms with Gasteiger partial charge in [-0.3, -0.25) is 9.59 Å². The molecule has 1 aliphatic heterocycles. The highest BCUT2D eigenvalue weighted by molar-refractivity contribution is 9.10. The van der Waals surface area contributed by atoms with Gasteiger partial charge in [0.05, 0.1) is 27.4 Å². The summed E-state index contributed by atoms with van der Waals surface area (Å²) in [7, 11) is 2.46. The number of methoxy groups -OCH3 is 2. The fourth-order valence-electron chi connectivity index (χ4n) is 2.60. The summed E-state index contributed by atoms with van der Waals surface area (Å²) in [6.45, 7) is 4.02. The number of carbonyl (C=O) groups excluding carboxylic acids is 2. The van der Waals surface area contributed by atoms with Crippen LogP contribution in [0.15, 0.2) is 46.5 Å². The molecule has 0 bridgehead atoms. The van der Waals surface area contributed by atoms with E-state index in [1.54, 1.807) is 6.08 Å². The third kappa shape index (κ3) is 2.96. The molecule has 1 saturated heterocycles. The second-order valence-corrected chi connectivity index (χ2v) is 5.87. The first kappa shape index (κ1) is 17.4. The molecule has 0 radical (unpaired) electrons. The van der Waals surface area contributed by atoms with Crippen LogP contribution in [0.1, 0.15) is 5.56 Å². The molecule has 0 N–H and O–H groups in total. The van der Waals surface area contributed by atoms with Crippen molar-refractivity contribution in [3.63, 3.8) is 0 Å². The molecule has 1 aromatic rings. The van der Waals surface area contributed by atoms with Gasteiger partial charge in [-0.2, -0.15) is 0 Å². The van der Waals surface area contributed by atoms with Gasteiger partial charge in [-0.1, -0.05) is 46.8 Å². The molecule has 0 aromatic heterocycles. The molecular formula is C17H17BrO5. The van der Waals surface area contributed by atoms with Gasteiger partial charge in [0.15, 0.2) is 0 Å². The standard InChI is InChI=1S/C17H17BrO5/c1-11-9-23-10-13(8-12-6-4-5-7-14(12)18)17(11,15(19)21-2)16(20)22-3/h4-8H,1,9-10H2,2-3H3/b13-8-. The Labute approximate surface area is 143 Å². The van der Waals surface area contributed by atoms with Crippen molar-refractivity contribution in [1.82, 2.24) is 0 Å². The predicted molar refractivity (Wildman–Crippen MR) is 88.5 cm³/mol. The topological polar surface area (TPSA) is 61.8 Å². The molecule has 0 saturated carbocycles. The Hall–Kier alpha value is -1.92. The lowest BCUT2D eigenvalue weighted by Crippen LogP contribution is -2.49. The largest absolute Gasteiger partial charge is 0.468 e. The fourth-order valence-corrected chi connectivity index (χ4v) is 3.00. The summed E-state index contributed by atoms with van der Waals surface area (Å²) in [5.74, 6) is -1.45. The lowest BCUT2D eigenvalue weighted by Gasteiger charge is -2.36. The first-order valence-corrected chi connectivity index (χ1v) is 7.66. The van der Waals surface area contributed by atoms with Crippen LogP contribution in [0.5, 0.6) is 0 Å². The van der Waals surface area contributed by atoms with E-state index in [1.807, 2.05) is 24.3 Å². The van der Waals surface area contributed by atoms with Crippen LogP contribution in [0.3, 0.4) is 0 Å². The maximum Gasteiger partial charge on any atom is 0.331 e. The van der Waals surface area contributed by atoms with Crippen molar-refractivity contribution < 1.29 is 23.8 Å². The van der Waals surface area contributed by atoms with Crippen LogP contribution >= 0.6 is 15.9 Å². The summed E-state index contributed by atoms with van der Waals surface area (Å²) in [5.41, 5.74) is -0.157. The van der Waals surface area contributed by atoms with E-state index in [-0.39, 0.29) is 13.2 Å². The van der Waals surface area contributed by atoms with Crippen molar-refractivity contribution in [3.05, 3.63) is 52.0 Å². The number of esters is 2. The summed E-state index contributed by atoms with van der Waals surface area (Å²) in [6.07, 6.45) is 1.72. The number of benzene rings is 1. The lowest BCUT2D eigenvalue weighted by atomic mass is 9.72. The lowest BCUT2D eigenvalue weighted by molar-refractivity contribution is -0.165. The highest BCUT2D eigenvalue weighted by Gasteiger charge is 2.55. The van der Waals surface area contributed by atoms with E-state index < -0.39 is 17.4 Å². The van der Waals surface area contributed by atoms with Crippen LogP contribution in [-0.4, -0.2) is 39.4 Å². The van der Waals surface area contributed by atoms with E-state index in [9.17, 15) is 9.59 Å². The molecule has 122 valence electrons. The zero-order valence-corrected chi connectivity index (χ0v) is 14.5. The first-order chi connectivity index (χ1) is 11.0. The van der Waals surface area contributed by atoms with Crippen molar-refractivity contribution in [3.8, 4) is 0 Å². The highest BCUT2D eigenvalue weighted by Crippen LogP contribution is 2.42. The minimum absolute atomic E-state index is 0.0809. The third-order valence-corrected chi connectivity index (χ3v) is 4.49. The van der Waals surface area contributed by atoms with Crippen molar-refractivity contribution in [2.75, 3.05) is 27.4 Å². The molecule has 1 heterocycles. The molecule has 0 amide bonds. The van der Waals surface area contributed by atoms with Crippen LogP contribution in [0, 0.1) is 5.41 Å². The van der Waals surface area contributed by atoms with Gasteiger partial charge in [-0.15, -0.1) is 0 Å². The van der Waals surface area contributed by atoms with Crippen molar-refractivity contribution in [2.45, 2.75) is 0 Å². The number of carbonyl (C=O) groups is 2. The Morgan fingerprint density at radius 3 is 2.39 bits per heavy atom. The minimum Gasteiger partial charge on any atom is -0.468 e. The van der Waals surface area contributed by atoms with Gasteiger partial charge in [0.1, 0.15) is 0 Å². The van der Waals surface area contributed by atoms with E-state index in [1.165, 1.54) is 14.2 Å². The SMILES string of the molecule is C=C1COC/C(=C/c2ccccc2Br)C1(C(=O)OC)C(=O)OC. The summed E-state index contributed by atoms with van der Waals surface area (Å²) in [4.78, 5) is 25.0. The second kappa shape index (κ2) is 7.10. The molecule has 0 spiro atoms. The monoisotopic (exact) mass is 380 g/mol. The summed E-state index contributed by atoms with van der Waals surface area (Å²) in [6, 6.07) is 7.44. The summed E-state index contributed by atoms with van der Waals surface area (Å²) < 4.78 is 16.0. The molecule has 1 aliphatic rings. The van der Waals surface area contributed by atoms with Crippen LogP contribution < -0.4 is 0 Å². The number of ether oxygens (including phenoxy) is 3. The van der Waals surface area contributed by atoms with Crippen molar-refractivity contribution in [1.29, 1.82) is 0 Å². The quantitative estimate of drug-likeness (QED) is 0.458. The smallest absolute Gasteiger partial charge is 0.331 e. The molecule has 23 heavy (non-hydrogen) atoms. The van der Waals surface area contributed by atoms with Gasteiger partial charge in [-0.05, 0) is 22.8 Å². The third-order valence-electron chi connectivity index (χ3n) is 3.76. The Balaban J connectivity index is 2.67. The van der Waals surface area contributed by atoms with Gasteiger partial charge in [0, 0.05) is 4.47 Å². The zero-order chi connectivity index (χ0) is 17.0. The minimum atomic E-state index is -1.68. The van der Waals surface area contributed by atoms with Crippen molar-refractivity contribution in [2.24, 2.45) is 5.41 Å². The van der Waals surface area contributed by atoms with Gasteiger partial charge in [0.25, 0.3) is 0 Å². The van der Waals surface area contributed by atoms with Crippen LogP contribution in [0.4, 0.5) is 0 Å². The number of hydrogen-bond acceptors (Lipinski definition) is 5. The van der Waals surface area contributed by atoms with Gasteiger partial charge in [0.2, 0.25) is 5.41 Å². The molecule has 5 nitrogen and oxygen atoms in total. The van der Waals surface area contributed by atoms with Crippen molar-refractivity contribution >= 4 is 33.9 Å². The summed E-state index contributed by atoms with van der Waals surface area (Å²) >= 11 is 3.44. The van der Waals surface area contributed by atoms with E-state index in [0.717, 1.165) is 10.0 Å². The Morgan fingerprint density at radius 2 is 1.83 bits per heavy atom. The molecule has 2 rings (SSSR count). The normalized spacial score (nSPS) is 18.6. The van der Waals surface area contributed by atoms with Gasteiger partial charge < -0.3 is 14.2 Å². The summed E-state index contributed by atoms with van der Waals surface area (Å²) in [5, 5.41) is 0. The van der Waals surface area contributed by atoms with Crippen LogP contribution in [0.2, 0.25) is 0 Å². The van der Waals surface area contributed by atoms with Crippen LogP contribution in [0.25, 0.3) is 6.08 Å². The molecule has 0 unspecified atom stereocenters. The Bertz CT molecular complexity index is 648. The number of hydrogen-bond donors (Lipinski definition) is 0. The number of halogens is 1.